The molecule has 0 spiro atoms. The van der Waals surface area contributed by atoms with Crippen molar-refractivity contribution in [2.75, 3.05) is 13.2 Å². The molecule has 2 aromatic rings. The minimum absolute atomic E-state index is 0. The molecule has 0 aliphatic carbocycles. The lowest BCUT2D eigenvalue weighted by atomic mass is 10.1. The zero-order valence-electron chi connectivity index (χ0n) is 16.4. The van der Waals surface area contributed by atoms with E-state index in [0.29, 0.717) is 17.3 Å². The first-order chi connectivity index (χ1) is 12.7. The first kappa shape index (κ1) is 24.2. The van der Waals surface area contributed by atoms with Crippen LogP contribution in [0.25, 0.3) is 0 Å². The molecule has 0 unspecified atom stereocenters. The molecule has 1 amide bonds. The van der Waals surface area contributed by atoms with Crippen LogP contribution in [0.4, 0.5) is 4.39 Å². The smallest absolute Gasteiger partial charge is 0.258 e. The second kappa shape index (κ2) is 11.2. The van der Waals surface area contributed by atoms with Crippen LogP contribution < -0.4 is 15.4 Å². The Balaban J connectivity index is 0.00000392. The van der Waals surface area contributed by atoms with Crippen LogP contribution in [0.15, 0.2) is 42.5 Å². The summed E-state index contributed by atoms with van der Waals surface area (Å²) >= 11 is 6.09. The van der Waals surface area contributed by atoms with Crippen molar-refractivity contribution in [2.45, 2.75) is 39.3 Å². The molecule has 0 bridgehead atoms. The van der Waals surface area contributed by atoms with Crippen LogP contribution in [-0.2, 0) is 17.8 Å². The number of hydrogen-bond donors (Lipinski definition) is 2. The Kier molecular flexibility index (Phi) is 9.73. The van der Waals surface area contributed by atoms with Gasteiger partial charge < -0.3 is 15.4 Å². The Bertz CT molecular complexity index is 762. The number of nitrogens with one attached hydrogen (secondary N) is 2. The molecule has 4 nitrogen and oxygen atoms in total. The minimum atomic E-state index is -0.300. The third-order valence-electron chi connectivity index (χ3n) is 3.71. The summed E-state index contributed by atoms with van der Waals surface area (Å²) in [5, 5.41) is 6.80. The van der Waals surface area contributed by atoms with Crippen molar-refractivity contribution in [1.82, 2.24) is 10.6 Å². The van der Waals surface area contributed by atoms with Crippen LogP contribution in [0, 0.1) is 5.82 Å². The molecule has 0 heterocycles. The Morgan fingerprint density at radius 2 is 1.82 bits per heavy atom. The van der Waals surface area contributed by atoms with E-state index in [4.69, 9.17) is 16.3 Å². The van der Waals surface area contributed by atoms with Gasteiger partial charge in [0.15, 0.2) is 6.61 Å². The molecule has 0 fully saturated rings. The first-order valence-electron chi connectivity index (χ1n) is 8.90. The number of rotatable bonds is 8. The number of ether oxygens (including phenoxy) is 1. The van der Waals surface area contributed by atoms with E-state index in [1.54, 1.807) is 24.3 Å². The topological polar surface area (TPSA) is 50.4 Å². The maximum atomic E-state index is 12.9. The molecule has 28 heavy (non-hydrogen) atoms. The molecule has 2 N–H and O–H groups in total. The quantitative estimate of drug-likeness (QED) is 0.607. The fraction of sp³-hybridized carbons (Fsp3) is 0.381. The van der Waals surface area contributed by atoms with E-state index in [9.17, 15) is 9.18 Å². The highest BCUT2D eigenvalue weighted by molar-refractivity contribution is 6.30. The van der Waals surface area contributed by atoms with Gasteiger partial charge in [0.2, 0.25) is 0 Å². The average Bonchev–Trinajstić information content (AvgIpc) is 2.58. The largest absolute Gasteiger partial charge is 0.483 e. The molecule has 0 aliphatic heterocycles. The van der Waals surface area contributed by atoms with Crippen molar-refractivity contribution < 1.29 is 13.9 Å². The Hall–Kier alpha value is -1.82. The summed E-state index contributed by atoms with van der Waals surface area (Å²) in [6.45, 7) is 6.98. The maximum Gasteiger partial charge on any atom is 0.258 e. The highest BCUT2D eigenvalue weighted by atomic mass is 35.5. The molecule has 2 rings (SSSR count). The predicted octanol–water partition coefficient (Wildman–Crippen LogP) is 4.53. The zero-order chi connectivity index (χ0) is 19.9. The molecule has 0 saturated heterocycles. The van der Waals surface area contributed by atoms with Gasteiger partial charge in [-0.15, -0.1) is 12.4 Å². The number of amides is 1. The van der Waals surface area contributed by atoms with Crippen LogP contribution in [0.2, 0.25) is 5.02 Å². The molecular formula is C21H27Cl2FN2O2. The molecule has 154 valence electrons. The van der Waals surface area contributed by atoms with Gasteiger partial charge in [-0.3, -0.25) is 4.79 Å². The summed E-state index contributed by atoms with van der Waals surface area (Å²) in [6.07, 6.45) is 0.783. The molecule has 0 aromatic heterocycles. The third-order valence-corrected chi connectivity index (χ3v) is 3.95. The van der Waals surface area contributed by atoms with Gasteiger partial charge in [0.05, 0.1) is 0 Å². The summed E-state index contributed by atoms with van der Waals surface area (Å²) in [4.78, 5) is 11.9. The van der Waals surface area contributed by atoms with E-state index >= 15 is 0 Å². The molecule has 0 aliphatic rings. The van der Waals surface area contributed by atoms with Crippen molar-refractivity contribution in [3.8, 4) is 5.75 Å². The average molecular weight is 429 g/mol. The number of halogens is 3. The molecule has 0 atom stereocenters. The lowest BCUT2D eigenvalue weighted by molar-refractivity contribution is -0.124. The summed E-state index contributed by atoms with van der Waals surface area (Å²) in [6, 6.07) is 11.8. The fourth-order valence-electron chi connectivity index (χ4n) is 2.53. The lowest BCUT2D eigenvalue weighted by Crippen LogP contribution is -2.43. The Morgan fingerprint density at radius 3 is 2.46 bits per heavy atom. The highest BCUT2D eigenvalue weighted by Crippen LogP contribution is 2.23. The third kappa shape index (κ3) is 8.91. The van der Waals surface area contributed by atoms with Crippen molar-refractivity contribution in [3.05, 3.63) is 64.4 Å². The van der Waals surface area contributed by atoms with Crippen LogP contribution >= 0.6 is 24.0 Å². The van der Waals surface area contributed by atoms with Crippen LogP contribution in [0.3, 0.4) is 0 Å². The monoisotopic (exact) mass is 428 g/mol. The standard InChI is InChI=1S/C21H26ClFN2O2.ClH/c1-21(2,3)25-20(26)14-27-19-9-6-17(22)12-16(19)13-24-11-10-15-4-7-18(23)8-5-15;/h4-9,12,24H,10-11,13-14H2,1-3H3,(H,25,26);1H. The molecule has 0 saturated carbocycles. The normalized spacial score (nSPS) is 10.9. The van der Waals surface area contributed by atoms with Crippen molar-refractivity contribution in [1.29, 1.82) is 0 Å². The van der Waals surface area contributed by atoms with E-state index in [1.807, 2.05) is 26.8 Å². The number of benzene rings is 2. The second-order valence-corrected chi connectivity index (χ2v) is 7.83. The van der Waals surface area contributed by atoms with Gasteiger partial charge in [0.25, 0.3) is 5.91 Å². The molecule has 2 aromatic carbocycles. The summed E-state index contributed by atoms with van der Waals surface area (Å²) in [5.74, 6) is 0.216. The Morgan fingerprint density at radius 1 is 1.14 bits per heavy atom. The van der Waals surface area contributed by atoms with Crippen LogP contribution in [0.5, 0.6) is 5.75 Å². The first-order valence-corrected chi connectivity index (χ1v) is 9.28. The van der Waals surface area contributed by atoms with Gasteiger partial charge in [0.1, 0.15) is 11.6 Å². The lowest BCUT2D eigenvalue weighted by Gasteiger charge is -2.21. The van der Waals surface area contributed by atoms with Gasteiger partial charge in [-0.2, -0.15) is 0 Å². The Labute approximate surface area is 177 Å². The van der Waals surface area contributed by atoms with E-state index in [2.05, 4.69) is 10.6 Å². The van der Waals surface area contributed by atoms with Crippen molar-refractivity contribution >= 4 is 29.9 Å². The maximum absolute atomic E-state index is 12.9. The summed E-state index contributed by atoms with van der Waals surface area (Å²) in [5.41, 5.74) is 1.64. The summed E-state index contributed by atoms with van der Waals surface area (Å²) < 4.78 is 18.6. The minimum Gasteiger partial charge on any atom is -0.483 e. The van der Waals surface area contributed by atoms with E-state index in [0.717, 1.165) is 24.1 Å². The van der Waals surface area contributed by atoms with E-state index in [1.165, 1.54) is 12.1 Å². The number of carbonyl (C=O) groups is 1. The predicted molar refractivity (Wildman–Crippen MR) is 114 cm³/mol. The fourth-order valence-corrected chi connectivity index (χ4v) is 2.73. The number of hydrogen-bond acceptors (Lipinski definition) is 3. The van der Waals surface area contributed by atoms with Gasteiger partial charge >= 0.3 is 0 Å². The second-order valence-electron chi connectivity index (χ2n) is 7.39. The van der Waals surface area contributed by atoms with Crippen LogP contribution in [-0.4, -0.2) is 24.6 Å². The SMILES string of the molecule is CC(C)(C)NC(=O)COc1ccc(Cl)cc1CNCCc1ccc(F)cc1.Cl. The van der Waals surface area contributed by atoms with Gasteiger partial charge in [-0.05, 0) is 69.6 Å². The number of carbonyl (C=O) groups excluding carboxylic acids is 1. The van der Waals surface area contributed by atoms with Crippen LogP contribution in [0.1, 0.15) is 31.9 Å². The van der Waals surface area contributed by atoms with Gasteiger partial charge in [0, 0.05) is 22.7 Å². The zero-order valence-corrected chi connectivity index (χ0v) is 17.9. The molecule has 0 radical (unpaired) electrons. The van der Waals surface area contributed by atoms with E-state index < -0.39 is 0 Å². The van der Waals surface area contributed by atoms with Gasteiger partial charge in [-0.25, -0.2) is 4.39 Å². The highest BCUT2D eigenvalue weighted by Gasteiger charge is 2.14. The van der Waals surface area contributed by atoms with Crippen molar-refractivity contribution in [2.24, 2.45) is 0 Å². The molecular weight excluding hydrogens is 402 g/mol. The van der Waals surface area contributed by atoms with Gasteiger partial charge in [-0.1, -0.05) is 23.7 Å². The molecule has 7 heteroatoms. The summed E-state index contributed by atoms with van der Waals surface area (Å²) in [7, 11) is 0. The van der Waals surface area contributed by atoms with E-state index in [-0.39, 0.29) is 36.3 Å². The van der Waals surface area contributed by atoms with Crippen molar-refractivity contribution in [3.63, 3.8) is 0 Å².